The first kappa shape index (κ1) is 14.1. The molecule has 0 N–H and O–H groups in total. The Balaban J connectivity index is 2.33. The minimum Gasteiger partial charge on any atom is -0.126 e. The van der Waals surface area contributed by atoms with Crippen molar-refractivity contribution in [2.45, 2.75) is 32.4 Å². The molecule has 0 bridgehead atoms. The molecule has 92 valence electrons. The van der Waals surface area contributed by atoms with Gasteiger partial charge in [-0.15, -0.1) is 11.8 Å². The molecule has 0 amide bonds. The lowest BCUT2D eigenvalue weighted by Gasteiger charge is -2.14. The molecule has 0 aromatic heterocycles. The van der Waals surface area contributed by atoms with Gasteiger partial charge in [-0.25, -0.2) is 0 Å². The van der Waals surface area contributed by atoms with Crippen LogP contribution in [0.2, 0.25) is 0 Å². The standard InChI is InChI=1S/C16H22S/c1-5-13(2)14(3)11-15(4)17-12-16-9-7-6-8-10-16/h6-10,14H,2,4-5,11-12H2,1,3H3. The topological polar surface area (TPSA) is 0 Å². The molecule has 0 saturated heterocycles. The fraction of sp³-hybridized carbons (Fsp3) is 0.375. The Bertz CT molecular complexity index is 364. The summed E-state index contributed by atoms with van der Waals surface area (Å²) in [5.74, 6) is 1.57. The Morgan fingerprint density at radius 3 is 2.47 bits per heavy atom. The molecular weight excluding hydrogens is 224 g/mol. The molecule has 0 heterocycles. The second-order valence-electron chi connectivity index (χ2n) is 4.43. The summed E-state index contributed by atoms with van der Waals surface area (Å²) in [5.41, 5.74) is 2.69. The van der Waals surface area contributed by atoms with Crippen LogP contribution < -0.4 is 0 Å². The van der Waals surface area contributed by atoms with Gasteiger partial charge in [-0.1, -0.05) is 62.9 Å². The number of thioether (sulfide) groups is 1. The van der Waals surface area contributed by atoms with Crippen LogP contribution in [-0.2, 0) is 5.75 Å². The van der Waals surface area contributed by atoms with Gasteiger partial charge in [-0.3, -0.25) is 0 Å². The zero-order valence-corrected chi connectivity index (χ0v) is 11.7. The lowest BCUT2D eigenvalue weighted by Crippen LogP contribution is -1.98. The van der Waals surface area contributed by atoms with Crippen LogP contribution in [0.5, 0.6) is 0 Å². The van der Waals surface area contributed by atoms with E-state index in [9.17, 15) is 0 Å². The Kier molecular flexibility index (Phi) is 6.13. The lowest BCUT2D eigenvalue weighted by atomic mass is 9.97. The Hall–Kier alpha value is -0.950. The van der Waals surface area contributed by atoms with Crippen molar-refractivity contribution in [3.63, 3.8) is 0 Å². The molecule has 0 saturated carbocycles. The first-order chi connectivity index (χ1) is 8.13. The largest absolute Gasteiger partial charge is 0.126 e. The van der Waals surface area contributed by atoms with Crippen LogP contribution in [0.3, 0.4) is 0 Å². The van der Waals surface area contributed by atoms with Gasteiger partial charge in [0.25, 0.3) is 0 Å². The third-order valence-electron chi connectivity index (χ3n) is 2.97. The minimum absolute atomic E-state index is 0.552. The summed E-state index contributed by atoms with van der Waals surface area (Å²) in [7, 11) is 0. The first-order valence-electron chi connectivity index (χ1n) is 6.15. The number of hydrogen-bond donors (Lipinski definition) is 0. The molecule has 0 fully saturated rings. The second kappa shape index (κ2) is 7.39. The lowest BCUT2D eigenvalue weighted by molar-refractivity contribution is 0.667. The molecule has 17 heavy (non-hydrogen) atoms. The van der Waals surface area contributed by atoms with Crippen molar-refractivity contribution >= 4 is 11.8 Å². The SMILES string of the molecule is C=C(CC(C)C(=C)CC)SCc1ccccc1. The van der Waals surface area contributed by atoms with Gasteiger partial charge >= 0.3 is 0 Å². The fourth-order valence-electron chi connectivity index (χ4n) is 1.65. The highest BCUT2D eigenvalue weighted by molar-refractivity contribution is 8.02. The summed E-state index contributed by atoms with van der Waals surface area (Å²) in [6, 6.07) is 10.5. The fourth-order valence-corrected chi connectivity index (χ4v) is 2.58. The quantitative estimate of drug-likeness (QED) is 0.578. The van der Waals surface area contributed by atoms with Gasteiger partial charge in [0.1, 0.15) is 0 Å². The molecule has 1 aromatic rings. The van der Waals surface area contributed by atoms with Crippen LogP contribution in [0.1, 0.15) is 32.3 Å². The van der Waals surface area contributed by atoms with Gasteiger partial charge in [-0.05, 0) is 29.2 Å². The average Bonchev–Trinajstić information content (AvgIpc) is 2.36. The smallest absolute Gasteiger partial charge is 0.0228 e. The maximum atomic E-state index is 4.15. The van der Waals surface area contributed by atoms with Crippen LogP contribution in [0.15, 0.2) is 54.0 Å². The van der Waals surface area contributed by atoms with E-state index in [0.29, 0.717) is 5.92 Å². The molecular formula is C16H22S. The zero-order chi connectivity index (χ0) is 12.7. The highest BCUT2D eigenvalue weighted by Gasteiger charge is 2.07. The van der Waals surface area contributed by atoms with Crippen LogP contribution >= 0.6 is 11.8 Å². The van der Waals surface area contributed by atoms with Crippen molar-refractivity contribution < 1.29 is 0 Å². The number of hydrogen-bond acceptors (Lipinski definition) is 1. The highest BCUT2D eigenvalue weighted by Crippen LogP contribution is 2.28. The molecule has 0 aliphatic carbocycles. The molecule has 1 unspecified atom stereocenters. The third kappa shape index (κ3) is 5.27. The van der Waals surface area contributed by atoms with E-state index in [1.807, 2.05) is 11.8 Å². The van der Waals surface area contributed by atoms with E-state index in [2.05, 4.69) is 57.3 Å². The predicted molar refractivity (Wildman–Crippen MR) is 80.1 cm³/mol. The summed E-state index contributed by atoms with van der Waals surface area (Å²) in [6.45, 7) is 12.6. The van der Waals surface area contributed by atoms with Gasteiger partial charge in [0, 0.05) is 5.75 Å². The van der Waals surface area contributed by atoms with Gasteiger partial charge in [-0.2, -0.15) is 0 Å². The number of allylic oxidation sites excluding steroid dienone is 2. The van der Waals surface area contributed by atoms with Gasteiger partial charge < -0.3 is 0 Å². The molecule has 0 nitrogen and oxygen atoms in total. The van der Waals surface area contributed by atoms with E-state index in [0.717, 1.165) is 18.6 Å². The van der Waals surface area contributed by atoms with E-state index in [-0.39, 0.29) is 0 Å². The van der Waals surface area contributed by atoms with Gasteiger partial charge in [0.15, 0.2) is 0 Å². The van der Waals surface area contributed by atoms with E-state index < -0.39 is 0 Å². The molecule has 1 atom stereocenters. The van der Waals surface area contributed by atoms with Crippen LogP contribution in [0, 0.1) is 5.92 Å². The highest BCUT2D eigenvalue weighted by atomic mass is 32.2. The molecule has 1 aromatic carbocycles. The summed E-state index contributed by atoms with van der Waals surface area (Å²) >= 11 is 1.85. The molecule has 0 aliphatic heterocycles. The Morgan fingerprint density at radius 2 is 1.88 bits per heavy atom. The van der Waals surface area contributed by atoms with E-state index in [1.54, 1.807) is 0 Å². The van der Waals surface area contributed by atoms with Crippen LogP contribution in [0.4, 0.5) is 0 Å². The van der Waals surface area contributed by atoms with Crippen molar-refractivity contribution in [1.82, 2.24) is 0 Å². The van der Waals surface area contributed by atoms with Crippen LogP contribution in [0.25, 0.3) is 0 Å². The van der Waals surface area contributed by atoms with Crippen molar-refractivity contribution in [1.29, 1.82) is 0 Å². The summed E-state index contributed by atoms with van der Waals surface area (Å²) < 4.78 is 0. The van der Waals surface area contributed by atoms with Gasteiger partial charge in [0.2, 0.25) is 0 Å². The van der Waals surface area contributed by atoms with E-state index in [4.69, 9.17) is 0 Å². The van der Waals surface area contributed by atoms with Crippen molar-refractivity contribution in [2.24, 2.45) is 5.92 Å². The third-order valence-corrected chi connectivity index (χ3v) is 4.02. The monoisotopic (exact) mass is 246 g/mol. The molecule has 1 heteroatoms. The molecule has 0 radical (unpaired) electrons. The predicted octanol–water partition coefficient (Wildman–Crippen LogP) is 5.43. The number of benzene rings is 1. The maximum absolute atomic E-state index is 4.15. The normalized spacial score (nSPS) is 12.1. The molecule has 1 rings (SSSR count). The summed E-state index contributed by atoms with van der Waals surface area (Å²) in [6.07, 6.45) is 2.11. The van der Waals surface area contributed by atoms with Crippen molar-refractivity contribution in [2.75, 3.05) is 0 Å². The number of rotatable bonds is 7. The molecule has 0 spiro atoms. The summed E-state index contributed by atoms with van der Waals surface area (Å²) in [4.78, 5) is 1.26. The minimum atomic E-state index is 0.552. The Morgan fingerprint density at radius 1 is 1.24 bits per heavy atom. The Labute approximate surface area is 110 Å². The van der Waals surface area contributed by atoms with Gasteiger partial charge in [0.05, 0.1) is 0 Å². The van der Waals surface area contributed by atoms with Crippen molar-refractivity contribution in [3.8, 4) is 0 Å². The van der Waals surface area contributed by atoms with E-state index in [1.165, 1.54) is 16.0 Å². The van der Waals surface area contributed by atoms with Crippen LogP contribution in [-0.4, -0.2) is 0 Å². The van der Waals surface area contributed by atoms with E-state index >= 15 is 0 Å². The second-order valence-corrected chi connectivity index (χ2v) is 5.58. The average molecular weight is 246 g/mol. The summed E-state index contributed by atoms with van der Waals surface area (Å²) in [5, 5.41) is 0. The zero-order valence-electron chi connectivity index (χ0n) is 10.9. The first-order valence-corrected chi connectivity index (χ1v) is 7.14. The maximum Gasteiger partial charge on any atom is 0.0228 e. The molecule has 0 aliphatic rings. The van der Waals surface area contributed by atoms with Crippen molar-refractivity contribution in [3.05, 3.63) is 59.5 Å².